The SMILES string of the molecule is c1ccc(-c2nc(-c3ccc4sc5ccccc5c4c3)cc(-n3c4ccccc4c4c3ccc3c5ccccc5n(-c5ccccc5)c34)n2)cc1. The Kier molecular flexibility index (Phi) is 6.09. The zero-order valence-corrected chi connectivity index (χ0v) is 28.2. The second kappa shape index (κ2) is 11.0. The summed E-state index contributed by atoms with van der Waals surface area (Å²) in [6, 6.07) is 60.5. The summed E-state index contributed by atoms with van der Waals surface area (Å²) in [6.07, 6.45) is 0. The third-order valence-corrected chi connectivity index (χ3v) is 11.3. The van der Waals surface area contributed by atoms with Crippen LogP contribution in [0.1, 0.15) is 0 Å². The fourth-order valence-corrected chi connectivity index (χ4v) is 8.99. The highest BCUT2D eigenvalue weighted by molar-refractivity contribution is 7.25. The summed E-state index contributed by atoms with van der Waals surface area (Å²) in [7, 11) is 0. The van der Waals surface area contributed by atoms with Gasteiger partial charge in [0.05, 0.1) is 27.8 Å². The maximum atomic E-state index is 5.32. The molecular formula is C46H28N4S. The lowest BCUT2D eigenvalue weighted by molar-refractivity contribution is 1.05. The highest BCUT2D eigenvalue weighted by Gasteiger charge is 2.22. The minimum absolute atomic E-state index is 0.698. The van der Waals surface area contributed by atoms with Gasteiger partial charge in [-0.1, -0.05) is 115 Å². The number of fused-ring (bicyclic) bond motifs is 10. The van der Waals surface area contributed by atoms with Gasteiger partial charge in [-0.3, -0.25) is 4.57 Å². The quantitative estimate of drug-likeness (QED) is 0.187. The van der Waals surface area contributed by atoms with Crippen molar-refractivity contribution in [1.82, 2.24) is 19.1 Å². The minimum atomic E-state index is 0.698. The van der Waals surface area contributed by atoms with Gasteiger partial charge in [0.2, 0.25) is 0 Å². The maximum absolute atomic E-state index is 5.32. The molecular weight excluding hydrogens is 641 g/mol. The molecule has 11 rings (SSSR count). The number of para-hydroxylation sites is 3. The van der Waals surface area contributed by atoms with Crippen LogP contribution in [-0.4, -0.2) is 19.1 Å². The van der Waals surface area contributed by atoms with Crippen LogP contribution in [0.4, 0.5) is 0 Å². The standard InChI is InChI=1S/C46H28N4S/c1-3-13-29(14-4-1)46-47-37(30-23-26-42-36(27-30)33-18-9-12-22-41(33)51-42)28-43(48-46)50-39-21-11-8-19-35(39)44-40(50)25-24-34-32-17-7-10-20-38(32)49(45(34)44)31-15-5-2-6-16-31/h1-28H. The molecule has 4 nitrogen and oxygen atoms in total. The molecule has 4 aromatic heterocycles. The van der Waals surface area contributed by atoms with Crippen LogP contribution in [0.3, 0.4) is 0 Å². The third-order valence-electron chi connectivity index (χ3n) is 10.1. The van der Waals surface area contributed by atoms with Crippen molar-refractivity contribution >= 4 is 75.1 Å². The molecule has 7 aromatic carbocycles. The van der Waals surface area contributed by atoms with Crippen LogP contribution in [0.5, 0.6) is 0 Å². The Labute approximate surface area is 297 Å². The van der Waals surface area contributed by atoms with Crippen molar-refractivity contribution in [2.75, 3.05) is 0 Å². The zero-order valence-electron chi connectivity index (χ0n) is 27.4. The molecule has 0 saturated heterocycles. The number of thiophene rings is 1. The van der Waals surface area contributed by atoms with Gasteiger partial charge in [-0.25, -0.2) is 9.97 Å². The van der Waals surface area contributed by atoms with E-state index in [1.807, 2.05) is 29.5 Å². The van der Waals surface area contributed by atoms with E-state index in [1.54, 1.807) is 0 Å². The number of rotatable bonds is 4. The van der Waals surface area contributed by atoms with Crippen LogP contribution in [-0.2, 0) is 0 Å². The maximum Gasteiger partial charge on any atom is 0.162 e. The number of nitrogens with zero attached hydrogens (tertiary/aromatic N) is 4. The van der Waals surface area contributed by atoms with Crippen LogP contribution < -0.4 is 0 Å². The van der Waals surface area contributed by atoms with Gasteiger partial charge >= 0.3 is 0 Å². The van der Waals surface area contributed by atoms with E-state index in [2.05, 4.69) is 161 Å². The molecule has 0 N–H and O–H groups in total. The van der Waals surface area contributed by atoms with E-state index in [9.17, 15) is 0 Å². The second-order valence-corrected chi connectivity index (χ2v) is 14.1. The van der Waals surface area contributed by atoms with Crippen molar-refractivity contribution < 1.29 is 0 Å². The van der Waals surface area contributed by atoms with E-state index < -0.39 is 0 Å². The van der Waals surface area contributed by atoms with Crippen molar-refractivity contribution in [1.29, 1.82) is 0 Å². The topological polar surface area (TPSA) is 35.6 Å². The van der Waals surface area contributed by atoms with E-state index in [0.717, 1.165) is 39.4 Å². The summed E-state index contributed by atoms with van der Waals surface area (Å²) >= 11 is 1.83. The van der Waals surface area contributed by atoms with Crippen LogP contribution in [0.25, 0.3) is 97.9 Å². The van der Waals surface area contributed by atoms with Gasteiger partial charge < -0.3 is 4.57 Å². The third kappa shape index (κ3) is 4.25. The number of hydrogen-bond donors (Lipinski definition) is 0. The van der Waals surface area contributed by atoms with Gasteiger partial charge in [0.25, 0.3) is 0 Å². The first-order chi connectivity index (χ1) is 25.3. The van der Waals surface area contributed by atoms with Gasteiger partial charge in [-0.2, -0.15) is 0 Å². The molecule has 0 bridgehead atoms. The van der Waals surface area contributed by atoms with Crippen LogP contribution in [0.15, 0.2) is 170 Å². The van der Waals surface area contributed by atoms with Gasteiger partial charge in [0.15, 0.2) is 5.82 Å². The monoisotopic (exact) mass is 668 g/mol. The molecule has 0 radical (unpaired) electrons. The Bertz CT molecular complexity index is 3130. The molecule has 0 unspecified atom stereocenters. The van der Waals surface area contributed by atoms with Gasteiger partial charge in [0, 0.05) is 64.6 Å². The van der Waals surface area contributed by atoms with E-state index in [1.165, 1.54) is 52.8 Å². The lowest BCUT2D eigenvalue weighted by atomic mass is 10.1. The molecule has 0 aliphatic carbocycles. The average Bonchev–Trinajstić information content (AvgIpc) is 3.86. The van der Waals surface area contributed by atoms with E-state index in [-0.39, 0.29) is 0 Å². The van der Waals surface area contributed by atoms with Crippen molar-refractivity contribution in [3.63, 3.8) is 0 Å². The Morgan fingerprint density at radius 3 is 1.90 bits per heavy atom. The molecule has 11 aromatic rings. The van der Waals surface area contributed by atoms with E-state index in [4.69, 9.17) is 9.97 Å². The normalized spacial score (nSPS) is 11.9. The first-order valence-corrected chi connectivity index (χ1v) is 18.0. The molecule has 4 heterocycles. The summed E-state index contributed by atoms with van der Waals surface area (Å²) in [4.78, 5) is 10.5. The highest BCUT2D eigenvalue weighted by Crippen LogP contribution is 2.42. The van der Waals surface area contributed by atoms with Crippen molar-refractivity contribution in [3.05, 3.63) is 170 Å². The molecule has 0 saturated carbocycles. The highest BCUT2D eigenvalue weighted by atomic mass is 32.1. The molecule has 5 heteroatoms. The van der Waals surface area contributed by atoms with Crippen LogP contribution in [0, 0.1) is 0 Å². The fourth-order valence-electron chi connectivity index (χ4n) is 7.90. The number of aromatic nitrogens is 4. The molecule has 0 amide bonds. The minimum Gasteiger partial charge on any atom is -0.309 e. The van der Waals surface area contributed by atoms with Gasteiger partial charge in [-0.15, -0.1) is 11.3 Å². The van der Waals surface area contributed by atoms with E-state index >= 15 is 0 Å². The summed E-state index contributed by atoms with van der Waals surface area (Å²) in [5.41, 5.74) is 8.67. The summed E-state index contributed by atoms with van der Waals surface area (Å²) in [5.74, 6) is 1.53. The Morgan fingerprint density at radius 2 is 1.08 bits per heavy atom. The van der Waals surface area contributed by atoms with Crippen molar-refractivity contribution in [2.24, 2.45) is 0 Å². The fraction of sp³-hybridized carbons (Fsp3) is 0. The molecule has 0 fully saturated rings. The first-order valence-electron chi connectivity index (χ1n) is 17.2. The molecule has 0 aliphatic heterocycles. The average molecular weight is 669 g/mol. The molecule has 0 atom stereocenters. The summed E-state index contributed by atoms with van der Waals surface area (Å²) in [6.45, 7) is 0. The Morgan fingerprint density at radius 1 is 0.412 bits per heavy atom. The molecule has 238 valence electrons. The lowest BCUT2D eigenvalue weighted by Gasteiger charge is -2.12. The largest absolute Gasteiger partial charge is 0.309 e. The number of hydrogen-bond acceptors (Lipinski definition) is 3. The number of benzene rings is 7. The van der Waals surface area contributed by atoms with Crippen molar-refractivity contribution in [2.45, 2.75) is 0 Å². The smallest absolute Gasteiger partial charge is 0.162 e. The van der Waals surface area contributed by atoms with Gasteiger partial charge in [-0.05, 0) is 48.5 Å². The predicted octanol–water partition coefficient (Wildman–Crippen LogP) is 12.4. The second-order valence-electron chi connectivity index (χ2n) is 13.0. The molecule has 51 heavy (non-hydrogen) atoms. The first kappa shape index (κ1) is 28.3. The molecule has 0 aliphatic rings. The summed E-state index contributed by atoms with van der Waals surface area (Å²) < 4.78 is 7.32. The van der Waals surface area contributed by atoms with Crippen LogP contribution in [0.2, 0.25) is 0 Å². The van der Waals surface area contributed by atoms with Crippen molar-refractivity contribution in [3.8, 4) is 34.2 Å². The van der Waals surface area contributed by atoms with Gasteiger partial charge in [0.1, 0.15) is 5.82 Å². The predicted molar refractivity (Wildman–Crippen MR) is 214 cm³/mol. The Hall–Kier alpha value is -6.56. The zero-order chi connectivity index (χ0) is 33.5. The Balaban J connectivity index is 1.24. The van der Waals surface area contributed by atoms with E-state index in [0.29, 0.717) is 5.82 Å². The summed E-state index contributed by atoms with van der Waals surface area (Å²) in [5, 5.41) is 7.39. The molecule has 0 spiro atoms. The van der Waals surface area contributed by atoms with Crippen LogP contribution >= 0.6 is 11.3 Å². The lowest BCUT2D eigenvalue weighted by Crippen LogP contribution is -2.02.